The first-order chi connectivity index (χ1) is 10.8. The zero-order valence-corrected chi connectivity index (χ0v) is 11.9. The standard InChI is InChI=1S/C17H14N4O/c18-11-14(12-19)13-21-16-5-3-6-17(10-16)22-9-7-15-4-1-2-8-20-15/h1-6,8,10,13,21H,7,9H2. The Labute approximate surface area is 129 Å². The maximum atomic E-state index is 8.67. The van der Waals surface area contributed by atoms with Crippen molar-refractivity contribution in [2.45, 2.75) is 6.42 Å². The van der Waals surface area contributed by atoms with Gasteiger partial charge in [-0.1, -0.05) is 12.1 Å². The summed E-state index contributed by atoms with van der Waals surface area (Å²) in [7, 11) is 0. The van der Waals surface area contributed by atoms with Gasteiger partial charge in [0.05, 0.1) is 6.61 Å². The highest BCUT2D eigenvalue weighted by Crippen LogP contribution is 2.17. The Kier molecular flexibility index (Phi) is 5.54. The molecule has 0 saturated carbocycles. The van der Waals surface area contributed by atoms with Crippen LogP contribution in [0.15, 0.2) is 60.4 Å². The molecule has 0 amide bonds. The molecule has 1 aromatic heterocycles. The molecule has 5 heteroatoms. The van der Waals surface area contributed by atoms with Gasteiger partial charge in [0.15, 0.2) is 0 Å². The zero-order valence-electron chi connectivity index (χ0n) is 11.9. The van der Waals surface area contributed by atoms with Gasteiger partial charge >= 0.3 is 0 Å². The van der Waals surface area contributed by atoms with Crippen LogP contribution in [0.3, 0.4) is 0 Å². The Morgan fingerprint density at radius 3 is 2.77 bits per heavy atom. The Hall–Kier alpha value is -3.31. The van der Waals surface area contributed by atoms with E-state index in [4.69, 9.17) is 15.3 Å². The summed E-state index contributed by atoms with van der Waals surface area (Å²) in [5.74, 6) is 0.713. The van der Waals surface area contributed by atoms with Crippen LogP contribution in [0.1, 0.15) is 5.69 Å². The minimum absolute atomic E-state index is 0.0153. The molecule has 0 radical (unpaired) electrons. The summed E-state index contributed by atoms with van der Waals surface area (Å²) in [4.78, 5) is 4.23. The number of nitriles is 2. The van der Waals surface area contributed by atoms with Crippen LogP contribution in [0, 0.1) is 22.7 Å². The van der Waals surface area contributed by atoms with Crippen LogP contribution in [0.5, 0.6) is 5.75 Å². The summed E-state index contributed by atoms with van der Waals surface area (Å²) < 4.78 is 5.68. The summed E-state index contributed by atoms with van der Waals surface area (Å²) in [5, 5.41) is 20.2. The van der Waals surface area contributed by atoms with Gasteiger partial charge in [-0.2, -0.15) is 10.5 Å². The molecule has 2 aromatic rings. The van der Waals surface area contributed by atoms with E-state index >= 15 is 0 Å². The third-order valence-corrected chi connectivity index (χ3v) is 2.81. The molecule has 0 aliphatic heterocycles. The number of rotatable bonds is 6. The quantitative estimate of drug-likeness (QED) is 0.827. The van der Waals surface area contributed by atoms with Crippen LogP contribution in [-0.2, 0) is 6.42 Å². The number of pyridine rings is 1. The fourth-order valence-electron chi connectivity index (χ4n) is 1.74. The van der Waals surface area contributed by atoms with Crippen molar-refractivity contribution in [3.8, 4) is 17.9 Å². The molecule has 1 aromatic carbocycles. The minimum atomic E-state index is 0.0153. The lowest BCUT2D eigenvalue weighted by Crippen LogP contribution is -2.02. The van der Waals surface area contributed by atoms with E-state index in [9.17, 15) is 0 Å². The zero-order chi connectivity index (χ0) is 15.6. The van der Waals surface area contributed by atoms with Crippen LogP contribution in [-0.4, -0.2) is 11.6 Å². The fourth-order valence-corrected chi connectivity index (χ4v) is 1.74. The van der Waals surface area contributed by atoms with Crippen molar-refractivity contribution >= 4 is 5.69 Å². The molecule has 0 unspecified atom stereocenters. The van der Waals surface area contributed by atoms with Crippen molar-refractivity contribution < 1.29 is 4.74 Å². The Balaban J connectivity index is 1.90. The molecule has 0 saturated heterocycles. The smallest absolute Gasteiger partial charge is 0.145 e. The third-order valence-electron chi connectivity index (χ3n) is 2.81. The highest BCUT2D eigenvalue weighted by Gasteiger charge is 1.98. The summed E-state index contributed by atoms with van der Waals surface area (Å²) in [6.07, 6.45) is 3.85. The van der Waals surface area contributed by atoms with Gasteiger partial charge in [0, 0.05) is 36.3 Å². The molecule has 1 N–H and O–H groups in total. The fraction of sp³-hybridized carbons (Fsp3) is 0.118. The molecule has 0 fully saturated rings. The van der Waals surface area contributed by atoms with E-state index in [1.165, 1.54) is 6.20 Å². The topological polar surface area (TPSA) is 81.7 Å². The third kappa shape index (κ3) is 4.66. The highest BCUT2D eigenvalue weighted by atomic mass is 16.5. The van der Waals surface area contributed by atoms with Gasteiger partial charge in [-0.25, -0.2) is 0 Å². The van der Waals surface area contributed by atoms with Gasteiger partial charge in [0.2, 0.25) is 0 Å². The Bertz CT molecular complexity index is 710. The van der Waals surface area contributed by atoms with E-state index < -0.39 is 0 Å². The van der Waals surface area contributed by atoms with Gasteiger partial charge in [-0.15, -0.1) is 0 Å². The van der Waals surface area contributed by atoms with Gasteiger partial charge in [-0.05, 0) is 24.3 Å². The molecule has 2 rings (SSSR count). The molecule has 0 aliphatic rings. The lowest BCUT2D eigenvalue weighted by molar-refractivity contribution is 0.320. The van der Waals surface area contributed by atoms with Crippen molar-refractivity contribution in [3.05, 3.63) is 66.1 Å². The molecule has 0 atom stereocenters. The maximum Gasteiger partial charge on any atom is 0.145 e. The van der Waals surface area contributed by atoms with E-state index in [0.717, 1.165) is 17.8 Å². The first kappa shape index (κ1) is 15.1. The predicted molar refractivity (Wildman–Crippen MR) is 82.8 cm³/mol. The molecular formula is C17H14N4O. The molecule has 5 nitrogen and oxygen atoms in total. The number of benzene rings is 1. The van der Waals surface area contributed by atoms with Crippen molar-refractivity contribution in [1.29, 1.82) is 10.5 Å². The van der Waals surface area contributed by atoms with E-state index in [-0.39, 0.29) is 5.57 Å². The summed E-state index contributed by atoms with van der Waals surface area (Å²) >= 11 is 0. The van der Waals surface area contributed by atoms with Gasteiger partial charge in [-0.3, -0.25) is 4.98 Å². The maximum absolute atomic E-state index is 8.67. The van der Waals surface area contributed by atoms with E-state index in [2.05, 4.69) is 10.3 Å². The molecule has 22 heavy (non-hydrogen) atoms. The number of nitrogens with one attached hydrogen (secondary N) is 1. The second kappa shape index (κ2) is 8.08. The van der Waals surface area contributed by atoms with Crippen molar-refractivity contribution in [2.75, 3.05) is 11.9 Å². The number of hydrogen-bond donors (Lipinski definition) is 1. The molecule has 0 aliphatic carbocycles. The first-order valence-corrected chi connectivity index (χ1v) is 6.71. The lowest BCUT2D eigenvalue weighted by Gasteiger charge is -2.08. The number of aromatic nitrogens is 1. The number of hydrogen-bond acceptors (Lipinski definition) is 5. The molecule has 108 valence electrons. The van der Waals surface area contributed by atoms with Crippen molar-refractivity contribution in [2.24, 2.45) is 0 Å². The Morgan fingerprint density at radius 1 is 1.18 bits per heavy atom. The van der Waals surface area contributed by atoms with E-state index in [1.54, 1.807) is 24.4 Å². The minimum Gasteiger partial charge on any atom is -0.493 e. The first-order valence-electron chi connectivity index (χ1n) is 6.71. The molecule has 1 heterocycles. The number of anilines is 1. The van der Waals surface area contributed by atoms with Crippen LogP contribution >= 0.6 is 0 Å². The second-order valence-corrected chi connectivity index (χ2v) is 4.37. The van der Waals surface area contributed by atoms with E-state index in [0.29, 0.717) is 12.4 Å². The van der Waals surface area contributed by atoms with Crippen molar-refractivity contribution in [3.63, 3.8) is 0 Å². The monoisotopic (exact) mass is 290 g/mol. The van der Waals surface area contributed by atoms with Crippen molar-refractivity contribution in [1.82, 2.24) is 4.98 Å². The average molecular weight is 290 g/mol. The van der Waals surface area contributed by atoms with Crippen LogP contribution < -0.4 is 10.1 Å². The largest absolute Gasteiger partial charge is 0.493 e. The molecule has 0 bridgehead atoms. The van der Waals surface area contributed by atoms with Crippen LogP contribution in [0.4, 0.5) is 5.69 Å². The lowest BCUT2D eigenvalue weighted by atomic mass is 10.2. The SMILES string of the molecule is N#CC(C#N)=CNc1cccc(OCCc2ccccn2)c1. The number of allylic oxidation sites excluding steroid dienone is 1. The normalized spacial score (nSPS) is 9.18. The number of ether oxygens (including phenoxy) is 1. The van der Waals surface area contributed by atoms with Gasteiger partial charge in [0.25, 0.3) is 0 Å². The second-order valence-electron chi connectivity index (χ2n) is 4.37. The molecular weight excluding hydrogens is 276 g/mol. The van der Waals surface area contributed by atoms with Crippen LogP contribution in [0.25, 0.3) is 0 Å². The Morgan fingerprint density at radius 2 is 2.05 bits per heavy atom. The van der Waals surface area contributed by atoms with Gasteiger partial charge in [0.1, 0.15) is 23.5 Å². The average Bonchev–Trinajstić information content (AvgIpc) is 2.57. The number of nitrogens with zero attached hydrogens (tertiary/aromatic N) is 3. The van der Waals surface area contributed by atoms with Crippen LogP contribution in [0.2, 0.25) is 0 Å². The molecule has 0 spiro atoms. The predicted octanol–water partition coefficient (Wildman–Crippen LogP) is 3.05. The summed E-state index contributed by atoms with van der Waals surface area (Å²) in [5.41, 5.74) is 1.74. The highest BCUT2D eigenvalue weighted by molar-refractivity contribution is 5.52. The summed E-state index contributed by atoms with van der Waals surface area (Å²) in [6, 6.07) is 16.7. The summed E-state index contributed by atoms with van der Waals surface area (Å²) in [6.45, 7) is 0.526. The van der Waals surface area contributed by atoms with E-state index in [1.807, 2.05) is 36.4 Å². The van der Waals surface area contributed by atoms with Gasteiger partial charge < -0.3 is 10.1 Å².